The predicted molar refractivity (Wildman–Crippen MR) is 80.5 cm³/mol. The van der Waals surface area contributed by atoms with Gasteiger partial charge in [-0.3, -0.25) is 4.90 Å². The van der Waals surface area contributed by atoms with Crippen LogP contribution < -0.4 is 5.32 Å². The molecule has 3 heteroatoms. The second-order valence-corrected chi connectivity index (χ2v) is 5.38. The van der Waals surface area contributed by atoms with Crippen LogP contribution in [0.3, 0.4) is 0 Å². The molecule has 1 heterocycles. The Morgan fingerprint density at radius 3 is 2.63 bits per heavy atom. The highest BCUT2D eigenvalue weighted by Gasteiger charge is 2.24. The Balaban J connectivity index is 2.12. The molecule has 0 bridgehead atoms. The molecule has 0 aromatic heterocycles. The van der Waals surface area contributed by atoms with Gasteiger partial charge in [0.15, 0.2) is 0 Å². The molecule has 0 radical (unpaired) electrons. The van der Waals surface area contributed by atoms with E-state index in [2.05, 4.69) is 36.2 Å². The molecule has 0 amide bonds. The van der Waals surface area contributed by atoms with Crippen molar-refractivity contribution in [2.24, 2.45) is 0 Å². The first-order chi connectivity index (χ1) is 9.30. The standard InChI is InChI=1S/C16H26N2O/c1-3-8-18(9-4-2)15-10-13-6-5-7-14(12-19)16(13)17-11-15/h5-7,15,17,19H,3-4,8-12H2,1-2H3/t15-/m1/s1. The molecule has 1 aromatic rings. The average Bonchev–Trinajstić information content (AvgIpc) is 2.45. The summed E-state index contributed by atoms with van der Waals surface area (Å²) in [5, 5.41) is 12.9. The molecule has 0 unspecified atom stereocenters. The number of benzene rings is 1. The lowest BCUT2D eigenvalue weighted by molar-refractivity contribution is 0.199. The number of hydrogen-bond donors (Lipinski definition) is 2. The smallest absolute Gasteiger partial charge is 0.0702 e. The van der Waals surface area contributed by atoms with Crippen molar-refractivity contribution in [2.75, 3.05) is 25.0 Å². The van der Waals surface area contributed by atoms with Gasteiger partial charge in [-0.05, 0) is 37.9 Å². The quantitative estimate of drug-likeness (QED) is 0.827. The summed E-state index contributed by atoms with van der Waals surface area (Å²) in [4.78, 5) is 2.60. The number of aliphatic hydroxyl groups is 1. The summed E-state index contributed by atoms with van der Waals surface area (Å²) in [5.41, 5.74) is 3.53. The maximum absolute atomic E-state index is 9.39. The molecule has 0 aliphatic carbocycles. The fourth-order valence-electron chi connectivity index (χ4n) is 3.04. The summed E-state index contributed by atoms with van der Waals surface area (Å²) >= 11 is 0. The summed E-state index contributed by atoms with van der Waals surface area (Å²) in [6, 6.07) is 6.82. The van der Waals surface area contributed by atoms with Crippen molar-refractivity contribution in [3.05, 3.63) is 29.3 Å². The topological polar surface area (TPSA) is 35.5 Å². The molecular weight excluding hydrogens is 236 g/mol. The number of nitrogens with zero attached hydrogens (tertiary/aromatic N) is 1. The molecule has 1 aromatic carbocycles. The van der Waals surface area contributed by atoms with Crippen LogP contribution in [0.5, 0.6) is 0 Å². The van der Waals surface area contributed by atoms with E-state index in [1.807, 2.05) is 6.07 Å². The molecule has 1 aliphatic heterocycles. The number of nitrogens with one attached hydrogen (secondary N) is 1. The Morgan fingerprint density at radius 2 is 2.00 bits per heavy atom. The molecule has 1 aliphatic rings. The van der Waals surface area contributed by atoms with Gasteiger partial charge in [0.2, 0.25) is 0 Å². The Labute approximate surface area is 116 Å². The fourth-order valence-corrected chi connectivity index (χ4v) is 3.04. The molecule has 0 saturated heterocycles. The van der Waals surface area contributed by atoms with Crippen LogP contribution in [0, 0.1) is 0 Å². The highest BCUT2D eigenvalue weighted by atomic mass is 16.3. The summed E-state index contributed by atoms with van der Waals surface area (Å²) in [7, 11) is 0. The predicted octanol–water partition coefficient (Wildman–Crippen LogP) is 2.64. The van der Waals surface area contributed by atoms with E-state index in [9.17, 15) is 5.11 Å². The largest absolute Gasteiger partial charge is 0.392 e. The lowest BCUT2D eigenvalue weighted by Crippen LogP contribution is -2.44. The van der Waals surface area contributed by atoms with Crippen molar-refractivity contribution in [3.8, 4) is 0 Å². The first-order valence-electron chi connectivity index (χ1n) is 7.49. The molecular formula is C16H26N2O. The second kappa shape index (κ2) is 6.92. The van der Waals surface area contributed by atoms with E-state index < -0.39 is 0 Å². The van der Waals surface area contributed by atoms with Gasteiger partial charge in [0.25, 0.3) is 0 Å². The van der Waals surface area contributed by atoms with Crippen LogP contribution in [0.2, 0.25) is 0 Å². The highest BCUT2D eigenvalue weighted by molar-refractivity contribution is 5.59. The lowest BCUT2D eigenvalue weighted by atomic mass is 9.95. The van der Waals surface area contributed by atoms with Gasteiger partial charge in [-0.15, -0.1) is 0 Å². The Morgan fingerprint density at radius 1 is 1.26 bits per heavy atom. The molecule has 2 N–H and O–H groups in total. The Kier molecular flexibility index (Phi) is 5.23. The van der Waals surface area contributed by atoms with Gasteiger partial charge in [-0.25, -0.2) is 0 Å². The second-order valence-electron chi connectivity index (χ2n) is 5.38. The van der Waals surface area contributed by atoms with Gasteiger partial charge in [0.1, 0.15) is 0 Å². The van der Waals surface area contributed by atoms with Crippen LogP contribution in [0.15, 0.2) is 18.2 Å². The van der Waals surface area contributed by atoms with E-state index in [1.54, 1.807) is 0 Å². The van der Waals surface area contributed by atoms with Crippen LogP contribution in [-0.4, -0.2) is 35.7 Å². The van der Waals surface area contributed by atoms with Crippen molar-refractivity contribution >= 4 is 5.69 Å². The fraction of sp³-hybridized carbons (Fsp3) is 0.625. The van der Waals surface area contributed by atoms with E-state index in [4.69, 9.17) is 0 Å². The molecule has 1 atom stereocenters. The lowest BCUT2D eigenvalue weighted by Gasteiger charge is -2.36. The maximum Gasteiger partial charge on any atom is 0.0702 e. The summed E-state index contributed by atoms with van der Waals surface area (Å²) in [6.45, 7) is 7.95. The summed E-state index contributed by atoms with van der Waals surface area (Å²) in [6.07, 6.45) is 3.51. The summed E-state index contributed by atoms with van der Waals surface area (Å²) < 4.78 is 0. The average molecular weight is 262 g/mol. The van der Waals surface area contributed by atoms with Crippen LogP contribution in [0.1, 0.15) is 37.8 Å². The SMILES string of the molecule is CCCN(CCC)[C@H]1CNc2c(CO)cccc2C1. The van der Waals surface area contributed by atoms with Gasteiger partial charge < -0.3 is 10.4 Å². The molecule has 0 fully saturated rings. The van der Waals surface area contributed by atoms with Crippen molar-refractivity contribution in [3.63, 3.8) is 0 Å². The zero-order valence-corrected chi connectivity index (χ0v) is 12.2. The number of rotatable bonds is 6. The third-order valence-corrected chi connectivity index (χ3v) is 3.92. The number of aliphatic hydroxyl groups excluding tert-OH is 1. The molecule has 2 rings (SSSR count). The highest BCUT2D eigenvalue weighted by Crippen LogP contribution is 2.28. The minimum absolute atomic E-state index is 0.120. The first-order valence-corrected chi connectivity index (χ1v) is 7.49. The van der Waals surface area contributed by atoms with E-state index in [0.29, 0.717) is 6.04 Å². The zero-order chi connectivity index (χ0) is 13.7. The number of hydrogen-bond acceptors (Lipinski definition) is 3. The van der Waals surface area contributed by atoms with Gasteiger partial charge in [0, 0.05) is 23.8 Å². The third kappa shape index (κ3) is 3.28. The zero-order valence-electron chi connectivity index (χ0n) is 12.2. The minimum Gasteiger partial charge on any atom is -0.392 e. The van der Waals surface area contributed by atoms with Gasteiger partial charge in [-0.1, -0.05) is 32.0 Å². The van der Waals surface area contributed by atoms with Gasteiger partial charge in [0.05, 0.1) is 6.61 Å². The van der Waals surface area contributed by atoms with Crippen molar-refractivity contribution in [1.29, 1.82) is 0 Å². The van der Waals surface area contributed by atoms with Crippen molar-refractivity contribution < 1.29 is 5.11 Å². The number of para-hydroxylation sites is 1. The number of anilines is 1. The molecule has 3 nitrogen and oxygen atoms in total. The molecule has 0 saturated carbocycles. The van der Waals surface area contributed by atoms with Crippen LogP contribution in [-0.2, 0) is 13.0 Å². The van der Waals surface area contributed by atoms with Crippen molar-refractivity contribution in [2.45, 2.75) is 45.8 Å². The van der Waals surface area contributed by atoms with E-state index >= 15 is 0 Å². The van der Waals surface area contributed by atoms with E-state index in [-0.39, 0.29) is 6.61 Å². The van der Waals surface area contributed by atoms with Crippen LogP contribution >= 0.6 is 0 Å². The summed E-state index contributed by atoms with van der Waals surface area (Å²) in [5.74, 6) is 0. The Bertz CT molecular complexity index is 400. The van der Waals surface area contributed by atoms with Crippen LogP contribution in [0.4, 0.5) is 5.69 Å². The van der Waals surface area contributed by atoms with E-state index in [1.165, 1.54) is 31.5 Å². The monoisotopic (exact) mass is 262 g/mol. The molecule has 106 valence electrons. The minimum atomic E-state index is 0.120. The first kappa shape index (κ1) is 14.4. The van der Waals surface area contributed by atoms with E-state index in [0.717, 1.165) is 24.2 Å². The van der Waals surface area contributed by atoms with Gasteiger partial charge >= 0.3 is 0 Å². The normalized spacial score (nSPS) is 18.2. The number of fused-ring (bicyclic) bond motifs is 1. The molecule has 19 heavy (non-hydrogen) atoms. The van der Waals surface area contributed by atoms with Crippen molar-refractivity contribution in [1.82, 2.24) is 4.90 Å². The third-order valence-electron chi connectivity index (χ3n) is 3.92. The maximum atomic E-state index is 9.39. The van der Waals surface area contributed by atoms with Gasteiger partial charge in [-0.2, -0.15) is 0 Å². The van der Waals surface area contributed by atoms with Crippen LogP contribution in [0.25, 0.3) is 0 Å². The molecule has 0 spiro atoms. The Hall–Kier alpha value is -1.06.